The molecule has 5 aromatic rings. The first kappa shape index (κ1) is 40.8. The van der Waals surface area contributed by atoms with E-state index in [2.05, 4.69) is 227 Å². The molecule has 0 N–H and O–H groups in total. The van der Waals surface area contributed by atoms with Gasteiger partial charge in [0.2, 0.25) is 0 Å². The molecule has 0 atom stereocenters. The molecule has 0 aliphatic rings. The van der Waals surface area contributed by atoms with Gasteiger partial charge in [0.15, 0.2) is 0 Å². The lowest BCUT2D eigenvalue weighted by Crippen LogP contribution is -2.43. The van der Waals surface area contributed by atoms with Crippen molar-refractivity contribution in [2.75, 3.05) is 0 Å². The zero-order valence-electron chi connectivity index (χ0n) is 35.0. The number of hydrogen-bond acceptors (Lipinski definition) is 0. The van der Waals surface area contributed by atoms with Crippen LogP contribution in [0, 0.1) is 22.9 Å². The maximum Gasteiger partial charge on any atom is 0.146 e. The van der Waals surface area contributed by atoms with E-state index in [0.717, 1.165) is 11.1 Å². The topological polar surface area (TPSA) is 0 Å². The summed E-state index contributed by atoms with van der Waals surface area (Å²) in [5, 5.41) is 4.80. The van der Waals surface area contributed by atoms with Crippen LogP contribution < -0.4 is 0 Å². The highest BCUT2D eigenvalue weighted by Gasteiger charge is 2.42. The maximum atomic E-state index is 4.12. The van der Waals surface area contributed by atoms with Gasteiger partial charge in [-0.05, 0) is 89.2 Å². The average molecular weight is 743 g/mol. The summed E-state index contributed by atoms with van der Waals surface area (Å²) >= 11 is 0. The first-order chi connectivity index (χ1) is 25.7. The Kier molecular flexibility index (Phi) is 13.2. The van der Waals surface area contributed by atoms with Crippen LogP contribution in [-0.2, 0) is 0 Å². The van der Waals surface area contributed by atoms with Gasteiger partial charge in [-0.15, -0.1) is 11.1 Å². The first-order valence-corrected chi connectivity index (χ1v) is 24.7. The molecule has 0 aliphatic heterocycles. The third-order valence-electron chi connectivity index (χ3n) is 12.2. The summed E-state index contributed by atoms with van der Waals surface area (Å²) in [6.45, 7) is 28.9. The van der Waals surface area contributed by atoms with Crippen molar-refractivity contribution in [3.63, 3.8) is 0 Å². The van der Waals surface area contributed by atoms with Gasteiger partial charge >= 0.3 is 0 Å². The average Bonchev–Trinajstić information content (AvgIpc) is 3.13. The van der Waals surface area contributed by atoms with Gasteiger partial charge in [0.1, 0.15) is 16.1 Å². The van der Waals surface area contributed by atoms with E-state index in [1.165, 1.54) is 43.8 Å². The smallest absolute Gasteiger partial charge is 0.125 e. The Labute approximate surface area is 330 Å². The molecule has 0 nitrogen and oxygen atoms in total. The summed E-state index contributed by atoms with van der Waals surface area (Å²) < 4.78 is 0. The summed E-state index contributed by atoms with van der Waals surface area (Å²) in [6.07, 6.45) is 8.90. The SMILES string of the molecule is CC(C)[Si](C#Cc1c2ccc(/C=C/c3ccccc3)cc2c(C#C[Si](C(C)C)(C(C)C)C(C)C)c2ccc(/C=C/c3ccccc3)cc12)(C(C)C)C(C)C. The fourth-order valence-electron chi connectivity index (χ4n) is 9.46. The highest BCUT2D eigenvalue weighted by molar-refractivity contribution is 6.91. The van der Waals surface area contributed by atoms with Crippen molar-refractivity contribution in [2.45, 2.75) is 116 Å². The van der Waals surface area contributed by atoms with Crippen LogP contribution in [0.3, 0.4) is 0 Å². The van der Waals surface area contributed by atoms with E-state index in [-0.39, 0.29) is 0 Å². The highest BCUT2D eigenvalue weighted by atomic mass is 28.3. The van der Waals surface area contributed by atoms with Gasteiger partial charge in [-0.25, -0.2) is 0 Å². The van der Waals surface area contributed by atoms with E-state index in [1.807, 2.05) is 0 Å². The summed E-state index contributed by atoms with van der Waals surface area (Å²) in [6, 6.07) is 35.0. The molecule has 0 spiro atoms. The lowest BCUT2D eigenvalue weighted by molar-refractivity contribution is 0.838. The number of fused-ring (bicyclic) bond motifs is 2. The van der Waals surface area contributed by atoms with E-state index in [1.54, 1.807) is 0 Å². The van der Waals surface area contributed by atoms with Crippen molar-refractivity contribution >= 4 is 62.0 Å². The van der Waals surface area contributed by atoms with Crippen LogP contribution in [-0.4, -0.2) is 16.1 Å². The van der Waals surface area contributed by atoms with Gasteiger partial charge in [0.25, 0.3) is 0 Å². The number of rotatable bonds is 10. The van der Waals surface area contributed by atoms with Crippen LogP contribution >= 0.6 is 0 Å². The molecule has 0 radical (unpaired) electrons. The summed E-state index contributed by atoms with van der Waals surface area (Å²) in [4.78, 5) is 0. The fourth-order valence-corrected chi connectivity index (χ4v) is 19.9. The predicted octanol–water partition coefficient (Wildman–Crippen LogP) is 15.5. The molecule has 0 saturated carbocycles. The molecule has 0 fully saturated rings. The summed E-state index contributed by atoms with van der Waals surface area (Å²) in [5.74, 6) is 7.96. The molecule has 0 bridgehead atoms. The first-order valence-electron chi connectivity index (χ1n) is 20.3. The molecule has 0 unspecified atom stereocenters. The van der Waals surface area contributed by atoms with Crippen molar-refractivity contribution in [1.29, 1.82) is 0 Å². The number of hydrogen-bond donors (Lipinski definition) is 0. The Bertz CT molecular complexity index is 2040. The lowest BCUT2D eigenvalue weighted by Gasteiger charge is -2.38. The Morgan fingerprint density at radius 3 is 0.944 bits per heavy atom. The molecule has 54 heavy (non-hydrogen) atoms. The van der Waals surface area contributed by atoms with Crippen molar-refractivity contribution in [3.05, 3.63) is 130 Å². The minimum atomic E-state index is -2.02. The van der Waals surface area contributed by atoms with Gasteiger partial charge in [0.05, 0.1) is 0 Å². The minimum Gasteiger partial charge on any atom is -0.125 e. The molecule has 5 rings (SSSR count). The van der Waals surface area contributed by atoms with E-state index < -0.39 is 16.1 Å². The summed E-state index contributed by atoms with van der Waals surface area (Å²) in [5.41, 5.74) is 18.5. The molecule has 0 aliphatic carbocycles. The zero-order chi connectivity index (χ0) is 39.2. The van der Waals surface area contributed by atoms with E-state index >= 15 is 0 Å². The standard InChI is InChI=1S/C52H62Si2/c1-37(2)53(38(3)4,39(5)6)33-31-49-47-29-27-46(26-24-44-21-17-14-18-22-44)36-52(47)50(32-34-54(40(7)8,41(9)10)42(11)12)48-30-28-45(35-51(48)49)25-23-43-19-15-13-16-20-43/h13-30,35-42H,1-12H3/b25-23+,26-24+. The third-order valence-corrected chi connectivity index (χ3v) is 24.8. The molecular formula is C52H62Si2. The van der Waals surface area contributed by atoms with Crippen LogP contribution in [0.1, 0.15) is 116 Å². The number of benzene rings is 5. The van der Waals surface area contributed by atoms with E-state index in [9.17, 15) is 0 Å². The van der Waals surface area contributed by atoms with Crippen LogP contribution in [0.5, 0.6) is 0 Å². The van der Waals surface area contributed by atoms with Crippen molar-refractivity contribution < 1.29 is 0 Å². The van der Waals surface area contributed by atoms with Gasteiger partial charge < -0.3 is 0 Å². The van der Waals surface area contributed by atoms with Crippen molar-refractivity contribution in [3.8, 4) is 22.9 Å². The monoisotopic (exact) mass is 742 g/mol. The second-order valence-corrected chi connectivity index (χ2v) is 28.3. The van der Waals surface area contributed by atoms with Gasteiger partial charge in [-0.3, -0.25) is 0 Å². The Hall–Kier alpha value is -4.35. The zero-order valence-corrected chi connectivity index (χ0v) is 37.0. The van der Waals surface area contributed by atoms with E-state index in [4.69, 9.17) is 0 Å². The second kappa shape index (κ2) is 17.4. The van der Waals surface area contributed by atoms with Crippen LogP contribution in [0.15, 0.2) is 97.1 Å². The van der Waals surface area contributed by atoms with Crippen LogP contribution in [0.25, 0.3) is 45.8 Å². The summed E-state index contributed by atoms with van der Waals surface area (Å²) in [7, 11) is -4.04. The normalized spacial score (nSPS) is 12.6. The lowest BCUT2D eigenvalue weighted by atomic mass is 9.90. The fraction of sp³-hybridized carbons (Fsp3) is 0.346. The second-order valence-electron chi connectivity index (χ2n) is 17.1. The quantitative estimate of drug-likeness (QED) is 0.0578. The van der Waals surface area contributed by atoms with Crippen LogP contribution in [0.2, 0.25) is 33.2 Å². The Morgan fingerprint density at radius 1 is 0.352 bits per heavy atom. The molecule has 5 aromatic carbocycles. The van der Waals surface area contributed by atoms with Crippen molar-refractivity contribution in [1.82, 2.24) is 0 Å². The van der Waals surface area contributed by atoms with Gasteiger partial charge in [-0.1, -0.05) is 204 Å². The minimum absolute atomic E-state index is 0.549. The molecule has 0 heterocycles. The molecule has 0 aromatic heterocycles. The van der Waals surface area contributed by atoms with Gasteiger partial charge in [0, 0.05) is 11.1 Å². The molecule has 2 heteroatoms. The maximum absolute atomic E-state index is 4.12. The van der Waals surface area contributed by atoms with Gasteiger partial charge in [-0.2, -0.15) is 0 Å². The molecule has 0 amide bonds. The molecular weight excluding hydrogens is 681 g/mol. The molecule has 278 valence electrons. The third kappa shape index (κ3) is 8.32. The van der Waals surface area contributed by atoms with E-state index in [0.29, 0.717) is 33.2 Å². The molecule has 0 saturated heterocycles. The Balaban J connectivity index is 1.91. The highest BCUT2D eigenvalue weighted by Crippen LogP contribution is 2.43. The van der Waals surface area contributed by atoms with Crippen LogP contribution in [0.4, 0.5) is 0 Å². The Morgan fingerprint density at radius 2 is 0.648 bits per heavy atom. The van der Waals surface area contributed by atoms with Crippen molar-refractivity contribution in [2.24, 2.45) is 0 Å². The largest absolute Gasteiger partial charge is 0.146 e. The predicted molar refractivity (Wildman–Crippen MR) is 248 cm³/mol.